The third-order valence-electron chi connectivity index (χ3n) is 2.46. The zero-order valence-electron chi connectivity index (χ0n) is 8.40. The summed E-state index contributed by atoms with van der Waals surface area (Å²) in [4.78, 5) is 6.25. The van der Waals surface area contributed by atoms with Gasteiger partial charge in [0.1, 0.15) is 0 Å². The minimum Gasteiger partial charge on any atom is -0.370 e. The first-order valence-electron chi connectivity index (χ1n) is 4.86. The van der Waals surface area contributed by atoms with Crippen molar-refractivity contribution in [2.75, 3.05) is 13.1 Å². The first-order chi connectivity index (χ1) is 6.75. The second kappa shape index (κ2) is 3.70. The van der Waals surface area contributed by atoms with Gasteiger partial charge in [0.05, 0.1) is 6.54 Å². The van der Waals surface area contributed by atoms with Crippen molar-refractivity contribution < 1.29 is 0 Å². The van der Waals surface area contributed by atoms with Crippen LogP contribution in [0.4, 0.5) is 0 Å². The maximum atomic E-state index is 5.73. The highest BCUT2D eigenvalue weighted by Gasteiger charge is 2.12. The predicted molar refractivity (Wildman–Crippen MR) is 58.1 cm³/mol. The van der Waals surface area contributed by atoms with Gasteiger partial charge in [0.15, 0.2) is 5.96 Å². The molecule has 0 bridgehead atoms. The molecule has 0 unspecified atom stereocenters. The molecule has 1 aromatic rings. The monoisotopic (exact) mass is 189 g/mol. The van der Waals surface area contributed by atoms with Gasteiger partial charge in [-0.1, -0.05) is 29.8 Å². The van der Waals surface area contributed by atoms with Crippen LogP contribution in [0.1, 0.15) is 11.1 Å². The summed E-state index contributed by atoms with van der Waals surface area (Å²) in [6.45, 7) is 4.74. The van der Waals surface area contributed by atoms with Gasteiger partial charge in [-0.2, -0.15) is 0 Å². The average Bonchev–Trinajstić information content (AvgIpc) is 2.56. The van der Waals surface area contributed by atoms with E-state index >= 15 is 0 Å². The summed E-state index contributed by atoms with van der Waals surface area (Å²) in [7, 11) is 0. The zero-order chi connectivity index (χ0) is 9.97. The first kappa shape index (κ1) is 9.06. The fraction of sp³-hybridized carbons (Fsp3) is 0.364. The number of nitrogens with zero attached hydrogens (tertiary/aromatic N) is 2. The van der Waals surface area contributed by atoms with Crippen molar-refractivity contribution in [3.63, 3.8) is 0 Å². The molecule has 1 aliphatic rings. The van der Waals surface area contributed by atoms with Gasteiger partial charge in [0.2, 0.25) is 0 Å². The van der Waals surface area contributed by atoms with Gasteiger partial charge in [-0.3, -0.25) is 4.99 Å². The van der Waals surface area contributed by atoms with Crippen LogP contribution in [0, 0.1) is 6.92 Å². The Kier molecular flexibility index (Phi) is 2.39. The summed E-state index contributed by atoms with van der Waals surface area (Å²) in [6, 6.07) is 8.53. The Balaban J connectivity index is 2.04. The van der Waals surface area contributed by atoms with Crippen LogP contribution in [0.5, 0.6) is 0 Å². The van der Waals surface area contributed by atoms with Crippen LogP contribution in [-0.4, -0.2) is 23.9 Å². The topological polar surface area (TPSA) is 41.6 Å². The van der Waals surface area contributed by atoms with E-state index in [4.69, 9.17) is 5.73 Å². The molecule has 0 fully saturated rings. The maximum absolute atomic E-state index is 5.73. The van der Waals surface area contributed by atoms with Gasteiger partial charge in [0, 0.05) is 13.1 Å². The highest BCUT2D eigenvalue weighted by Crippen LogP contribution is 2.08. The fourth-order valence-corrected chi connectivity index (χ4v) is 1.57. The van der Waals surface area contributed by atoms with Crippen molar-refractivity contribution in [3.8, 4) is 0 Å². The highest BCUT2D eigenvalue weighted by molar-refractivity contribution is 5.79. The van der Waals surface area contributed by atoms with Crippen molar-refractivity contribution in [2.45, 2.75) is 13.5 Å². The standard InChI is InChI=1S/C11H15N3/c1-9-2-4-10(5-3-9)8-14-7-6-13-11(14)12/h2-5H,6-8H2,1H3,(H2,12,13). The van der Waals surface area contributed by atoms with Crippen molar-refractivity contribution in [2.24, 2.45) is 10.7 Å². The second-order valence-corrected chi connectivity index (χ2v) is 3.65. The molecule has 14 heavy (non-hydrogen) atoms. The van der Waals surface area contributed by atoms with Crippen LogP contribution in [-0.2, 0) is 6.54 Å². The molecule has 0 atom stereocenters. The van der Waals surface area contributed by atoms with Crippen LogP contribution in [0.3, 0.4) is 0 Å². The lowest BCUT2D eigenvalue weighted by molar-refractivity contribution is 0.448. The van der Waals surface area contributed by atoms with E-state index in [1.807, 2.05) is 0 Å². The van der Waals surface area contributed by atoms with E-state index in [9.17, 15) is 0 Å². The number of aliphatic imine (C=N–C) groups is 1. The molecule has 1 aliphatic heterocycles. The number of guanidine groups is 1. The van der Waals surface area contributed by atoms with E-state index < -0.39 is 0 Å². The molecule has 74 valence electrons. The van der Waals surface area contributed by atoms with Crippen LogP contribution < -0.4 is 5.73 Å². The minimum atomic E-state index is 0.672. The largest absolute Gasteiger partial charge is 0.370 e. The lowest BCUT2D eigenvalue weighted by Gasteiger charge is -2.17. The van der Waals surface area contributed by atoms with E-state index in [2.05, 4.69) is 41.1 Å². The molecule has 2 N–H and O–H groups in total. The van der Waals surface area contributed by atoms with Gasteiger partial charge in [-0.25, -0.2) is 0 Å². The normalized spacial score (nSPS) is 15.8. The lowest BCUT2D eigenvalue weighted by atomic mass is 10.1. The molecule has 0 spiro atoms. The molecule has 0 amide bonds. The van der Waals surface area contributed by atoms with Crippen LogP contribution in [0.2, 0.25) is 0 Å². The Morgan fingerprint density at radius 2 is 2.07 bits per heavy atom. The van der Waals surface area contributed by atoms with Crippen molar-refractivity contribution in [1.82, 2.24) is 4.90 Å². The van der Waals surface area contributed by atoms with Gasteiger partial charge in [0.25, 0.3) is 0 Å². The summed E-state index contributed by atoms with van der Waals surface area (Å²) in [5.41, 5.74) is 8.31. The summed E-state index contributed by atoms with van der Waals surface area (Å²) < 4.78 is 0. The smallest absolute Gasteiger partial charge is 0.191 e. The Hall–Kier alpha value is -1.51. The minimum absolute atomic E-state index is 0.672. The molecule has 0 saturated heterocycles. The molecule has 2 rings (SSSR count). The zero-order valence-corrected chi connectivity index (χ0v) is 8.40. The van der Waals surface area contributed by atoms with Crippen molar-refractivity contribution in [1.29, 1.82) is 0 Å². The van der Waals surface area contributed by atoms with E-state index in [0.717, 1.165) is 19.6 Å². The third-order valence-corrected chi connectivity index (χ3v) is 2.46. The van der Waals surface area contributed by atoms with Crippen LogP contribution >= 0.6 is 0 Å². The van der Waals surface area contributed by atoms with E-state index in [-0.39, 0.29) is 0 Å². The number of nitrogens with two attached hydrogens (primary N) is 1. The third kappa shape index (κ3) is 1.87. The lowest BCUT2D eigenvalue weighted by Crippen LogP contribution is -2.33. The molecule has 3 heteroatoms. The van der Waals surface area contributed by atoms with Gasteiger partial charge < -0.3 is 10.6 Å². The number of benzene rings is 1. The van der Waals surface area contributed by atoms with E-state index in [1.165, 1.54) is 11.1 Å². The average molecular weight is 189 g/mol. The number of hydrogen-bond acceptors (Lipinski definition) is 3. The summed E-state index contributed by atoms with van der Waals surface area (Å²) in [6.07, 6.45) is 0. The Bertz CT molecular complexity index is 340. The molecule has 0 saturated carbocycles. The maximum Gasteiger partial charge on any atom is 0.191 e. The van der Waals surface area contributed by atoms with Crippen molar-refractivity contribution in [3.05, 3.63) is 35.4 Å². The van der Waals surface area contributed by atoms with Gasteiger partial charge >= 0.3 is 0 Å². The first-order valence-corrected chi connectivity index (χ1v) is 4.86. The van der Waals surface area contributed by atoms with Crippen LogP contribution in [0.25, 0.3) is 0 Å². The van der Waals surface area contributed by atoms with E-state index in [0.29, 0.717) is 5.96 Å². The quantitative estimate of drug-likeness (QED) is 0.757. The molecule has 0 aromatic heterocycles. The molecular weight excluding hydrogens is 174 g/mol. The van der Waals surface area contributed by atoms with Crippen molar-refractivity contribution >= 4 is 5.96 Å². The number of hydrogen-bond donors (Lipinski definition) is 1. The molecule has 1 aromatic carbocycles. The molecule has 0 radical (unpaired) electrons. The number of aryl methyl sites for hydroxylation is 1. The second-order valence-electron chi connectivity index (χ2n) is 3.65. The fourth-order valence-electron chi connectivity index (χ4n) is 1.57. The summed E-state index contributed by atoms with van der Waals surface area (Å²) in [5, 5.41) is 0. The Morgan fingerprint density at radius 3 is 2.64 bits per heavy atom. The van der Waals surface area contributed by atoms with Gasteiger partial charge in [-0.05, 0) is 12.5 Å². The van der Waals surface area contributed by atoms with Crippen LogP contribution in [0.15, 0.2) is 29.3 Å². The molecule has 1 heterocycles. The number of rotatable bonds is 2. The Morgan fingerprint density at radius 1 is 1.36 bits per heavy atom. The van der Waals surface area contributed by atoms with E-state index in [1.54, 1.807) is 0 Å². The Labute approximate surface area is 84.2 Å². The highest BCUT2D eigenvalue weighted by atomic mass is 15.3. The predicted octanol–water partition coefficient (Wildman–Crippen LogP) is 1.13. The summed E-state index contributed by atoms with van der Waals surface area (Å²) in [5.74, 6) is 0.672. The molecular formula is C11H15N3. The SMILES string of the molecule is Cc1ccc(CN2CCN=C2N)cc1. The summed E-state index contributed by atoms with van der Waals surface area (Å²) >= 11 is 0. The van der Waals surface area contributed by atoms with Gasteiger partial charge in [-0.15, -0.1) is 0 Å². The molecule has 3 nitrogen and oxygen atoms in total. The molecule has 0 aliphatic carbocycles.